The Morgan fingerprint density at radius 1 is 0.866 bits per heavy atom. The highest BCUT2D eigenvalue weighted by atomic mass is 16.6. The summed E-state index contributed by atoms with van der Waals surface area (Å²) in [5, 5.41) is 38.2. The van der Waals surface area contributed by atoms with Gasteiger partial charge in [0.2, 0.25) is 0 Å². The van der Waals surface area contributed by atoms with E-state index >= 15 is 9.59 Å². The average Bonchev–Trinajstić information content (AvgIpc) is 3.69. The second-order valence-electron chi connectivity index (χ2n) is 20.0. The molecule has 3 N–H and O–H groups in total. The van der Waals surface area contributed by atoms with Crippen LogP contribution in [0.3, 0.4) is 0 Å². The van der Waals surface area contributed by atoms with Crippen LogP contribution in [-0.4, -0.2) is 117 Å². The molecule has 3 aromatic carbocycles. The van der Waals surface area contributed by atoms with Gasteiger partial charge in [0.1, 0.15) is 47.4 Å². The zero-order chi connectivity index (χ0) is 48.6. The predicted molar refractivity (Wildman–Crippen MR) is 237 cm³/mol. The summed E-state index contributed by atoms with van der Waals surface area (Å²) in [6, 6.07) is 22.3. The summed E-state index contributed by atoms with van der Waals surface area (Å²) in [5.41, 5.74) is -7.41. The quantitative estimate of drug-likeness (QED) is 0.140. The number of aliphatic hydroxyl groups excluding tert-OH is 2. The first-order chi connectivity index (χ1) is 31.5. The van der Waals surface area contributed by atoms with Crippen LogP contribution in [0.4, 0.5) is 4.79 Å². The van der Waals surface area contributed by atoms with Gasteiger partial charge in [-0.2, -0.15) is 0 Å². The van der Waals surface area contributed by atoms with Crippen molar-refractivity contribution in [1.82, 2.24) is 4.90 Å². The Morgan fingerprint density at radius 3 is 2.06 bits per heavy atom. The number of esters is 3. The molecule has 3 aromatic rings. The molecule has 2 saturated carbocycles. The maximum Gasteiger partial charge on any atom is 0.413 e. The number of rotatable bonds is 8. The number of amides is 1. The zero-order valence-electron chi connectivity index (χ0n) is 39.1. The van der Waals surface area contributed by atoms with Gasteiger partial charge in [-0.05, 0) is 75.6 Å². The van der Waals surface area contributed by atoms with Gasteiger partial charge in [-0.3, -0.25) is 14.5 Å². The molecule has 358 valence electrons. The van der Waals surface area contributed by atoms with Gasteiger partial charge in [0.25, 0.3) is 0 Å². The van der Waals surface area contributed by atoms with E-state index < -0.39 is 119 Å². The van der Waals surface area contributed by atoms with Crippen LogP contribution in [0.1, 0.15) is 102 Å². The summed E-state index contributed by atoms with van der Waals surface area (Å²) in [6.45, 7) is 12.2. The van der Waals surface area contributed by atoms with Gasteiger partial charge in [0.15, 0.2) is 23.7 Å². The summed E-state index contributed by atoms with van der Waals surface area (Å²) < 4.78 is 42.7. The van der Waals surface area contributed by atoms with Crippen LogP contribution in [0.5, 0.6) is 5.75 Å². The molecular formula is C51H59NO15. The molecule has 4 fully saturated rings. The minimum absolute atomic E-state index is 0.0244. The molecule has 8 rings (SSSR count). The molecule has 0 spiro atoms. The second kappa shape index (κ2) is 17.1. The van der Waals surface area contributed by atoms with Crippen LogP contribution in [-0.2, 0) is 42.8 Å². The van der Waals surface area contributed by atoms with Crippen molar-refractivity contribution in [2.24, 2.45) is 16.7 Å². The Balaban J connectivity index is 1.27. The number of ether oxygens (including phenoxy) is 7. The summed E-state index contributed by atoms with van der Waals surface area (Å²) in [5.74, 6) is -4.50. The molecule has 12 atom stereocenters. The molecular weight excluding hydrogens is 867 g/mol. The van der Waals surface area contributed by atoms with Crippen molar-refractivity contribution in [2.75, 3.05) is 13.7 Å². The Bertz CT molecular complexity index is 2450. The number of carbonyl (C=O) groups excluding carboxylic acids is 5. The van der Waals surface area contributed by atoms with Crippen LogP contribution in [0.15, 0.2) is 96.1 Å². The fourth-order valence-electron chi connectivity index (χ4n) is 11.3. The number of aliphatic hydroxyl groups is 3. The number of nitrogens with zero attached hydrogens (tertiary/aromatic N) is 1. The van der Waals surface area contributed by atoms with Crippen molar-refractivity contribution in [1.29, 1.82) is 0 Å². The summed E-state index contributed by atoms with van der Waals surface area (Å²) >= 11 is 0. The maximum atomic E-state index is 15.2. The van der Waals surface area contributed by atoms with Gasteiger partial charge < -0.3 is 48.5 Å². The lowest BCUT2D eigenvalue weighted by Crippen LogP contribution is -2.81. The standard InChI is InChI=1S/C51H59NO15/c1-27-33(63-45(58)39-37(29-16-12-10-13-17-29)52(46(59)67-47(3,4)5)43(64-39)30-20-22-32(61-9)23-21-30)25-51(60)42(65-44(57)31-18-14-11-15-19-31)40-49(8,41(56)38(55)36(27)48(51,6)7)34(54)24-35-50(40,26-62-35)66-28(2)53/h10-23,33-35,37-40,42-43,54-55,60H,24-26H2,1-9H3. The molecule has 12 unspecified atom stereocenters. The molecule has 2 heterocycles. The predicted octanol–water partition coefficient (Wildman–Crippen LogP) is 5.72. The van der Waals surface area contributed by atoms with Crippen molar-refractivity contribution in [3.8, 4) is 5.75 Å². The zero-order valence-corrected chi connectivity index (χ0v) is 39.1. The maximum absolute atomic E-state index is 15.2. The first-order valence-electron chi connectivity index (χ1n) is 22.5. The number of carbonyl (C=O) groups is 5. The molecule has 1 amide bonds. The first-order valence-corrected chi connectivity index (χ1v) is 22.5. The fraction of sp³-hybridized carbons (Fsp3) is 0.510. The van der Waals surface area contributed by atoms with E-state index in [9.17, 15) is 29.7 Å². The minimum atomic E-state index is -2.35. The van der Waals surface area contributed by atoms with Crippen molar-refractivity contribution < 1.29 is 72.5 Å². The van der Waals surface area contributed by atoms with Gasteiger partial charge in [0.05, 0.1) is 36.7 Å². The molecule has 16 nitrogen and oxygen atoms in total. The van der Waals surface area contributed by atoms with Crippen LogP contribution in [0, 0.1) is 16.7 Å². The van der Waals surface area contributed by atoms with Crippen LogP contribution >= 0.6 is 0 Å². The van der Waals surface area contributed by atoms with Gasteiger partial charge >= 0.3 is 24.0 Å². The number of ketones is 1. The van der Waals surface area contributed by atoms with E-state index in [4.69, 9.17) is 33.2 Å². The van der Waals surface area contributed by atoms with Crippen molar-refractivity contribution in [3.63, 3.8) is 0 Å². The summed E-state index contributed by atoms with van der Waals surface area (Å²) in [6.07, 6.45) is -11.9. The minimum Gasteiger partial charge on any atom is -0.497 e. The molecule has 67 heavy (non-hydrogen) atoms. The molecule has 0 radical (unpaired) electrons. The fourth-order valence-corrected chi connectivity index (χ4v) is 11.3. The van der Waals surface area contributed by atoms with Gasteiger partial charge in [-0.1, -0.05) is 74.5 Å². The lowest BCUT2D eigenvalue weighted by atomic mass is 9.44. The molecule has 3 aliphatic carbocycles. The van der Waals surface area contributed by atoms with Crippen molar-refractivity contribution >= 4 is 29.8 Å². The van der Waals surface area contributed by atoms with Crippen molar-refractivity contribution in [3.05, 3.63) is 113 Å². The number of hydrogen-bond donors (Lipinski definition) is 3. The topological polar surface area (TPSA) is 214 Å². The lowest BCUT2D eigenvalue weighted by Gasteiger charge is -2.67. The van der Waals surface area contributed by atoms with Gasteiger partial charge in [-0.25, -0.2) is 14.4 Å². The van der Waals surface area contributed by atoms with Gasteiger partial charge in [0, 0.05) is 30.7 Å². The van der Waals surface area contributed by atoms with Crippen LogP contribution in [0.2, 0.25) is 0 Å². The number of fused-ring (bicyclic) bond motifs is 5. The van der Waals surface area contributed by atoms with E-state index in [1.807, 2.05) is 0 Å². The Morgan fingerprint density at radius 2 is 1.49 bits per heavy atom. The average molecular weight is 926 g/mol. The largest absolute Gasteiger partial charge is 0.497 e. The third-order valence-corrected chi connectivity index (χ3v) is 14.7. The van der Waals surface area contributed by atoms with Gasteiger partial charge in [-0.15, -0.1) is 0 Å². The monoisotopic (exact) mass is 925 g/mol. The number of benzene rings is 3. The number of hydrogen-bond acceptors (Lipinski definition) is 15. The third kappa shape index (κ3) is 7.80. The summed E-state index contributed by atoms with van der Waals surface area (Å²) in [4.78, 5) is 73.4. The Kier molecular flexibility index (Phi) is 12.2. The first kappa shape index (κ1) is 47.8. The normalized spacial score (nSPS) is 34.3. The SMILES string of the molecule is COc1ccc(C2OC(C(=O)OC3CC4(O)C(OC(=O)c5ccccc5)C5C6(OC(C)=O)COC6CC(O)C5(C)C(=O)C(O)C(=C3C)C4(C)C)C(c3ccccc3)N2C(=O)OC(C)(C)C)cc1. The van der Waals surface area contributed by atoms with E-state index in [2.05, 4.69) is 0 Å². The van der Waals surface area contributed by atoms with E-state index in [1.54, 1.807) is 114 Å². The lowest BCUT2D eigenvalue weighted by molar-refractivity contribution is -0.346. The molecule has 5 aliphatic rings. The molecule has 16 heteroatoms. The molecule has 0 aromatic heterocycles. The van der Waals surface area contributed by atoms with Crippen LogP contribution in [0.25, 0.3) is 0 Å². The van der Waals surface area contributed by atoms with E-state index in [1.165, 1.54) is 38.0 Å². The van der Waals surface area contributed by atoms with E-state index in [0.29, 0.717) is 16.9 Å². The highest BCUT2D eigenvalue weighted by molar-refractivity contribution is 5.94. The Labute approximate surface area is 389 Å². The summed E-state index contributed by atoms with van der Waals surface area (Å²) in [7, 11) is 1.52. The molecule has 2 saturated heterocycles. The highest BCUT2D eigenvalue weighted by Crippen LogP contribution is 2.64. The number of Topliss-reactive ketones (excluding diaryl/α,β-unsaturated/α-hetero) is 1. The van der Waals surface area contributed by atoms with Crippen molar-refractivity contribution in [2.45, 2.75) is 134 Å². The van der Waals surface area contributed by atoms with E-state index in [-0.39, 0.29) is 29.7 Å². The Hall–Kier alpha value is -5.65. The molecule has 2 aliphatic heterocycles. The van der Waals surface area contributed by atoms with Crippen LogP contribution < -0.4 is 4.74 Å². The van der Waals surface area contributed by atoms with E-state index in [0.717, 1.165) is 0 Å². The highest BCUT2D eigenvalue weighted by Gasteiger charge is 2.78. The second-order valence-corrected chi connectivity index (χ2v) is 20.0. The smallest absolute Gasteiger partial charge is 0.413 e. The third-order valence-electron chi connectivity index (χ3n) is 14.7. The number of methoxy groups -OCH3 is 1. The molecule has 2 bridgehead atoms.